The van der Waals surface area contributed by atoms with E-state index in [-0.39, 0.29) is 11.8 Å². The molecule has 0 fully saturated rings. The Labute approximate surface area is 82.7 Å². The average molecular weight is 219 g/mol. The van der Waals surface area contributed by atoms with Gasteiger partial charge in [-0.25, -0.2) is 8.42 Å². The Bertz CT molecular complexity index is 346. The number of quaternary nitrogens is 1. The molecule has 0 radical (unpaired) electrons. The third-order valence-corrected chi connectivity index (χ3v) is 3.60. The first-order chi connectivity index (χ1) is 6.44. The molecule has 1 rings (SSSR count). The Morgan fingerprint density at radius 3 is 2.71 bits per heavy atom. The van der Waals surface area contributed by atoms with Crippen molar-refractivity contribution >= 4 is 15.8 Å². The highest BCUT2D eigenvalue weighted by molar-refractivity contribution is 7.94. The maximum Gasteiger partial charge on any atom is 0.177 e. The van der Waals surface area contributed by atoms with Crippen LogP contribution >= 0.6 is 0 Å². The highest BCUT2D eigenvalue weighted by Crippen LogP contribution is 2.04. The second-order valence-electron chi connectivity index (χ2n) is 3.35. The largest absolute Gasteiger partial charge is 0.544 e. The van der Waals surface area contributed by atoms with Crippen LogP contribution in [0.3, 0.4) is 0 Å². The van der Waals surface area contributed by atoms with Gasteiger partial charge in [0.1, 0.15) is 17.8 Å². The third kappa shape index (κ3) is 2.81. The van der Waals surface area contributed by atoms with E-state index >= 15 is 0 Å². The molecule has 0 amide bonds. The van der Waals surface area contributed by atoms with Crippen LogP contribution in [0, 0.1) is 0 Å². The summed E-state index contributed by atoms with van der Waals surface area (Å²) in [7, 11) is -3.10. The van der Waals surface area contributed by atoms with Crippen LogP contribution in [-0.2, 0) is 14.6 Å². The molecule has 2 atom stereocenters. The second kappa shape index (κ2) is 4.10. The lowest BCUT2D eigenvalue weighted by atomic mass is 10.2. The van der Waals surface area contributed by atoms with E-state index in [1.165, 1.54) is 11.4 Å². The van der Waals surface area contributed by atoms with Crippen molar-refractivity contribution in [3.8, 4) is 0 Å². The van der Waals surface area contributed by atoms with Crippen LogP contribution in [0.2, 0.25) is 0 Å². The normalized spacial score (nSPS) is 26.2. The number of sulfone groups is 1. The average Bonchev–Trinajstić information content (AvgIpc) is 2.41. The molecule has 1 aliphatic heterocycles. The Kier molecular flexibility index (Phi) is 3.28. The highest BCUT2D eigenvalue weighted by Gasteiger charge is 2.26. The number of carboxylic acid groups (broad SMARTS) is 1. The van der Waals surface area contributed by atoms with Crippen LogP contribution in [-0.4, -0.2) is 32.2 Å². The highest BCUT2D eigenvalue weighted by atomic mass is 32.2. The van der Waals surface area contributed by atoms with Gasteiger partial charge in [0.25, 0.3) is 0 Å². The second-order valence-corrected chi connectivity index (χ2v) is 5.28. The van der Waals surface area contributed by atoms with E-state index in [4.69, 9.17) is 0 Å². The number of rotatable bonds is 4. The third-order valence-electron chi connectivity index (χ3n) is 2.18. The molecule has 1 heterocycles. The number of nitrogens with two attached hydrogens (primary N) is 1. The molecule has 0 aromatic heterocycles. The van der Waals surface area contributed by atoms with Gasteiger partial charge in [-0.15, -0.1) is 0 Å². The van der Waals surface area contributed by atoms with E-state index in [2.05, 4.69) is 0 Å². The fraction of sp³-hybridized carbons (Fsp3) is 0.625. The Balaban J connectivity index is 2.55. The van der Waals surface area contributed by atoms with E-state index in [1.54, 1.807) is 6.92 Å². The quantitative estimate of drug-likeness (QED) is 0.561. The molecule has 0 saturated heterocycles. The van der Waals surface area contributed by atoms with Crippen LogP contribution in [0.25, 0.3) is 0 Å². The van der Waals surface area contributed by atoms with Gasteiger partial charge in [0.05, 0.1) is 5.97 Å². The number of carbonyl (C=O) groups excluding carboxylic acids is 1. The molecule has 0 saturated carbocycles. The van der Waals surface area contributed by atoms with Crippen LogP contribution in [0.1, 0.15) is 13.3 Å². The van der Waals surface area contributed by atoms with Gasteiger partial charge in [0, 0.05) is 11.8 Å². The molecule has 0 aromatic carbocycles. The topological polar surface area (TPSA) is 90.9 Å². The van der Waals surface area contributed by atoms with Gasteiger partial charge >= 0.3 is 0 Å². The Morgan fingerprint density at radius 1 is 1.71 bits per heavy atom. The molecule has 2 N–H and O–H groups in total. The standard InChI is InChI=1S/C8H13NO4S/c1-2-7(8(10)11)9-6-3-4-14(12,13)5-6/h3-4,6-7,9H,2,5H2,1H3,(H,10,11)/t6-,7-/m1/s1. The molecule has 14 heavy (non-hydrogen) atoms. The zero-order valence-electron chi connectivity index (χ0n) is 7.84. The molecular formula is C8H13NO4S. The van der Waals surface area contributed by atoms with Gasteiger partial charge in [-0.3, -0.25) is 0 Å². The number of hydrogen-bond acceptors (Lipinski definition) is 4. The van der Waals surface area contributed by atoms with Crippen molar-refractivity contribution in [2.24, 2.45) is 0 Å². The predicted molar refractivity (Wildman–Crippen MR) is 47.7 cm³/mol. The summed E-state index contributed by atoms with van der Waals surface area (Å²) in [6.07, 6.45) is 1.94. The van der Waals surface area contributed by atoms with E-state index in [1.807, 2.05) is 0 Å². The summed E-state index contributed by atoms with van der Waals surface area (Å²) in [6.45, 7) is 1.73. The van der Waals surface area contributed by atoms with Gasteiger partial charge in [-0.1, -0.05) is 6.92 Å². The molecule has 6 heteroatoms. The van der Waals surface area contributed by atoms with Gasteiger partial charge in [0.15, 0.2) is 9.84 Å². The number of carboxylic acids is 1. The fourth-order valence-corrected chi connectivity index (χ4v) is 2.71. The van der Waals surface area contributed by atoms with Crippen molar-refractivity contribution in [2.75, 3.05) is 5.75 Å². The maximum absolute atomic E-state index is 11.0. The van der Waals surface area contributed by atoms with E-state index in [0.29, 0.717) is 6.42 Å². The van der Waals surface area contributed by atoms with Crippen molar-refractivity contribution < 1.29 is 23.6 Å². The minimum Gasteiger partial charge on any atom is -0.544 e. The summed E-state index contributed by atoms with van der Waals surface area (Å²) in [5.74, 6) is -1.17. The molecule has 0 bridgehead atoms. The zero-order valence-corrected chi connectivity index (χ0v) is 8.66. The number of aliphatic carboxylic acids is 1. The minimum atomic E-state index is -3.10. The summed E-state index contributed by atoms with van der Waals surface area (Å²) >= 11 is 0. The van der Waals surface area contributed by atoms with Gasteiger partial charge in [-0.05, 0) is 6.08 Å². The summed E-state index contributed by atoms with van der Waals surface area (Å²) < 4.78 is 22.0. The molecule has 80 valence electrons. The first-order valence-corrected chi connectivity index (χ1v) is 6.13. The monoisotopic (exact) mass is 219 g/mol. The Hall–Kier alpha value is -0.880. The van der Waals surface area contributed by atoms with E-state index in [9.17, 15) is 18.3 Å². The van der Waals surface area contributed by atoms with Crippen LogP contribution in [0.15, 0.2) is 11.5 Å². The van der Waals surface area contributed by atoms with Crippen molar-refractivity contribution in [1.82, 2.24) is 0 Å². The SMILES string of the molecule is CC[C@@H]([NH2+][C@@H]1C=CS(=O)(=O)C1)C(=O)[O-]. The molecule has 0 spiro atoms. The molecule has 0 unspecified atom stereocenters. The van der Waals surface area contributed by atoms with Crippen molar-refractivity contribution in [1.29, 1.82) is 0 Å². The summed E-state index contributed by atoms with van der Waals surface area (Å²) in [4.78, 5) is 10.6. The lowest BCUT2D eigenvalue weighted by Crippen LogP contribution is -2.97. The number of hydrogen-bond donors (Lipinski definition) is 1. The molecule has 1 aliphatic rings. The van der Waals surface area contributed by atoms with Crippen LogP contribution in [0.4, 0.5) is 0 Å². The van der Waals surface area contributed by atoms with Gasteiger partial charge in [0.2, 0.25) is 0 Å². The van der Waals surface area contributed by atoms with Gasteiger partial charge in [-0.2, -0.15) is 0 Å². The predicted octanol–water partition coefficient (Wildman–Crippen LogP) is -2.61. The fourth-order valence-electron chi connectivity index (χ4n) is 1.40. The smallest absolute Gasteiger partial charge is 0.177 e. The maximum atomic E-state index is 11.0. The van der Waals surface area contributed by atoms with Crippen LogP contribution in [0.5, 0.6) is 0 Å². The summed E-state index contributed by atoms with van der Waals surface area (Å²) in [5.41, 5.74) is 0. The molecule has 5 nitrogen and oxygen atoms in total. The number of carbonyl (C=O) groups is 1. The molecule has 0 aromatic rings. The lowest BCUT2D eigenvalue weighted by Gasteiger charge is -2.17. The molecular weight excluding hydrogens is 206 g/mol. The van der Waals surface area contributed by atoms with Crippen molar-refractivity contribution in [2.45, 2.75) is 25.4 Å². The molecule has 0 aliphatic carbocycles. The minimum absolute atomic E-state index is 0.0171. The first kappa shape index (κ1) is 11.2. The first-order valence-electron chi connectivity index (χ1n) is 4.41. The zero-order chi connectivity index (χ0) is 10.8. The van der Waals surface area contributed by atoms with E-state index in [0.717, 1.165) is 5.41 Å². The summed E-state index contributed by atoms with van der Waals surface area (Å²) in [5, 5.41) is 13.2. The summed E-state index contributed by atoms with van der Waals surface area (Å²) in [6, 6.07) is -0.958. The van der Waals surface area contributed by atoms with Crippen LogP contribution < -0.4 is 10.4 Å². The van der Waals surface area contributed by atoms with Crippen molar-refractivity contribution in [3.63, 3.8) is 0 Å². The van der Waals surface area contributed by atoms with Crippen molar-refractivity contribution in [3.05, 3.63) is 11.5 Å². The lowest BCUT2D eigenvalue weighted by molar-refractivity contribution is -0.702. The van der Waals surface area contributed by atoms with E-state index < -0.39 is 21.8 Å². The van der Waals surface area contributed by atoms with Gasteiger partial charge < -0.3 is 15.2 Å². The Morgan fingerprint density at radius 2 is 2.36 bits per heavy atom.